The number of benzene rings is 1. The fourth-order valence-electron chi connectivity index (χ4n) is 1.99. The molecule has 1 aliphatic rings. The van der Waals surface area contributed by atoms with Gasteiger partial charge in [0.05, 0.1) is 5.02 Å². The molecule has 0 amide bonds. The monoisotopic (exact) mass is 323 g/mol. The average molecular weight is 324 g/mol. The maximum absolute atomic E-state index is 6.25. The molecule has 1 aromatic carbocycles. The van der Waals surface area contributed by atoms with Crippen LogP contribution in [0.3, 0.4) is 0 Å². The second-order valence-corrected chi connectivity index (χ2v) is 5.83. The Hall–Kier alpha value is -1.36. The molecule has 1 N–H and O–H groups in total. The predicted molar refractivity (Wildman–Crippen MR) is 82.7 cm³/mol. The molecule has 1 heterocycles. The molecule has 3 rings (SSSR count). The summed E-state index contributed by atoms with van der Waals surface area (Å²) in [6.07, 6.45) is 5.82. The Morgan fingerprint density at radius 2 is 1.95 bits per heavy atom. The lowest BCUT2D eigenvalue weighted by molar-refractivity contribution is 0.292. The van der Waals surface area contributed by atoms with Gasteiger partial charge < -0.3 is 10.1 Å². The summed E-state index contributed by atoms with van der Waals surface area (Å²) < 4.78 is 5.81. The molecule has 110 valence electrons. The van der Waals surface area contributed by atoms with Crippen molar-refractivity contribution in [3.63, 3.8) is 0 Å². The highest BCUT2D eigenvalue weighted by molar-refractivity contribution is 6.35. The number of hydrogen-bond donors (Lipinski definition) is 1. The van der Waals surface area contributed by atoms with Gasteiger partial charge in [-0.25, -0.2) is 9.97 Å². The normalized spacial score (nSPS) is 14.2. The van der Waals surface area contributed by atoms with Crippen LogP contribution in [0, 0.1) is 0 Å². The summed E-state index contributed by atoms with van der Waals surface area (Å²) in [4.78, 5) is 8.27. The first kappa shape index (κ1) is 14.6. The van der Waals surface area contributed by atoms with E-state index in [0.717, 1.165) is 5.56 Å². The van der Waals surface area contributed by atoms with Crippen LogP contribution in [0.15, 0.2) is 30.6 Å². The molecule has 1 aliphatic carbocycles. The van der Waals surface area contributed by atoms with Gasteiger partial charge in [0.1, 0.15) is 12.4 Å². The molecular formula is C15H15Cl2N3O. The van der Waals surface area contributed by atoms with Crippen molar-refractivity contribution in [3.05, 3.63) is 52.0 Å². The first-order valence-electron chi connectivity index (χ1n) is 6.82. The van der Waals surface area contributed by atoms with E-state index in [2.05, 4.69) is 15.3 Å². The van der Waals surface area contributed by atoms with Crippen molar-refractivity contribution in [1.29, 1.82) is 0 Å². The number of nitrogens with zero attached hydrogens (tertiary/aromatic N) is 2. The molecular weight excluding hydrogens is 309 g/mol. The van der Waals surface area contributed by atoms with E-state index in [1.165, 1.54) is 12.8 Å². The van der Waals surface area contributed by atoms with Crippen LogP contribution >= 0.6 is 23.2 Å². The number of halogens is 2. The van der Waals surface area contributed by atoms with Crippen LogP contribution in [0.25, 0.3) is 0 Å². The number of nitrogens with one attached hydrogen (secondary N) is 1. The minimum absolute atomic E-state index is 0.276. The van der Waals surface area contributed by atoms with Crippen LogP contribution in [0.2, 0.25) is 10.0 Å². The smallest absolute Gasteiger partial charge is 0.166 e. The lowest BCUT2D eigenvalue weighted by Crippen LogP contribution is -2.16. The number of rotatable bonds is 6. The van der Waals surface area contributed by atoms with E-state index in [9.17, 15) is 0 Å². The summed E-state index contributed by atoms with van der Waals surface area (Å²) in [5.74, 6) is 1.26. The third-order valence-corrected chi connectivity index (χ3v) is 3.71. The van der Waals surface area contributed by atoms with Crippen molar-refractivity contribution in [2.24, 2.45) is 0 Å². The molecule has 0 saturated heterocycles. The van der Waals surface area contributed by atoms with Crippen molar-refractivity contribution in [3.8, 4) is 5.75 Å². The van der Waals surface area contributed by atoms with Crippen molar-refractivity contribution in [2.75, 3.05) is 0 Å². The largest absolute Gasteiger partial charge is 0.484 e. The third kappa shape index (κ3) is 4.06. The van der Waals surface area contributed by atoms with Gasteiger partial charge in [0.15, 0.2) is 5.82 Å². The number of hydrogen-bond acceptors (Lipinski definition) is 4. The van der Waals surface area contributed by atoms with Crippen LogP contribution in [0.5, 0.6) is 5.75 Å². The van der Waals surface area contributed by atoms with E-state index >= 15 is 0 Å². The molecule has 0 atom stereocenters. The lowest BCUT2D eigenvalue weighted by Gasteiger charge is -2.14. The van der Waals surface area contributed by atoms with Crippen molar-refractivity contribution < 1.29 is 4.74 Å². The molecule has 4 nitrogen and oxygen atoms in total. The topological polar surface area (TPSA) is 47.0 Å². The number of ether oxygens (including phenoxy) is 1. The fourth-order valence-corrected chi connectivity index (χ4v) is 2.58. The Morgan fingerprint density at radius 3 is 2.67 bits per heavy atom. The molecule has 0 unspecified atom stereocenters. The minimum atomic E-state index is 0.276. The van der Waals surface area contributed by atoms with E-state index in [0.29, 0.717) is 34.2 Å². The van der Waals surface area contributed by atoms with Crippen molar-refractivity contribution in [2.45, 2.75) is 32.0 Å². The van der Waals surface area contributed by atoms with Crippen LogP contribution in [-0.4, -0.2) is 16.0 Å². The fraction of sp³-hybridized carbons (Fsp3) is 0.333. The van der Waals surface area contributed by atoms with Crippen LogP contribution < -0.4 is 10.1 Å². The van der Waals surface area contributed by atoms with Crippen LogP contribution in [-0.2, 0) is 13.2 Å². The van der Waals surface area contributed by atoms with E-state index < -0.39 is 0 Å². The zero-order chi connectivity index (χ0) is 14.7. The van der Waals surface area contributed by atoms with Gasteiger partial charge in [0, 0.05) is 35.6 Å². The Bertz CT molecular complexity index is 618. The van der Waals surface area contributed by atoms with E-state index in [1.807, 2.05) is 6.07 Å². The van der Waals surface area contributed by atoms with Gasteiger partial charge in [0.2, 0.25) is 0 Å². The van der Waals surface area contributed by atoms with Gasteiger partial charge in [-0.15, -0.1) is 0 Å². The van der Waals surface area contributed by atoms with Crippen LogP contribution in [0.4, 0.5) is 0 Å². The first-order chi connectivity index (χ1) is 10.2. The predicted octanol–water partition coefficient (Wildman–Crippen LogP) is 3.61. The molecule has 0 bridgehead atoms. The standard InChI is InChI=1S/C15H15Cl2N3O/c16-11-6-10(8-20-12-2-3-12)15(13(17)7-11)21-9-14-18-4-1-5-19-14/h1,4-7,12,20H,2-3,8-9H2. The zero-order valence-corrected chi connectivity index (χ0v) is 12.9. The van der Waals surface area contributed by atoms with Crippen LogP contribution in [0.1, 0.15) is 24.2 Å². The molecule has 0 spiro atoms. The van der Waals surface area contributed by atoms with Crippen molar-refractivity contribution >= 4 is 23.2 Å². The summed E-state index contributed by atoms with van der Waals surface area (Å²) >= 11 is 12.3. The van der Waals surface area contributed by atoms with Gasteiger partial charge in [-0.2, -0.15) is 0 Å². The lowest BCUT2D eigenvalue weighted by atomic mass is 10.2. The second-order valence-electron chi connectivity index (χ2n) is 4.98. The highest BCUT2D eigenvalue weighted by atomic mass is 35.5. The maximum Gasteiger partial charge on any atom is 0.166 e. The molecule has 0 radical (unpaired) electrons. The molecule has 1 fully saturated rings. The maximum atomic E-state index is 6.25. The number of aromatic nitrogens is 2. The van der Waals surface area contributed by atoms with E-state index in [4.69, 9.17) is 27.9 Å². The highest BCUT2D eigenvalue weighted by Gasteiger charge is 2.21. The zero-order valence-electron chi connectivity index (χ0n) is 11.4. The second kappa shape index (κ2) is 6.60. The van der Waals surface area contributed by atoms with Gasteiger partial charge in [0.25, 0.3) is 0 Å². The quantitative estimate of drug-likeness (QED) is 0.882. The van der Waals surface area contributed by atoms with Gasteiger partial charge in [-0.3, -0.25) is 0 Å². The molecule has 2 aromatic rings. The van der Waals surface area contributed by atoms with E-state index in [1.54, 1.807) is 24.5 Å². The van der Waals surface area contributed by atoms with Crippen molar-refractivity contribution in [1.82, 2.24) is 15.3 Å². The average Bonchev–Trinajstić information content (AvgIpc) is 3.29. The Labute approximate surface area is 133 Å². The summed E-state index contributed by atoms with van der Waals surface area (Å²) in [5, 5.41) is 4.55. The molecule has 6 heteroatoms. The molecule has 1 saturated carbocycles. The minimum Gasteiger partial charge on any atom is -0.484 e. The molecule has 0 aliphatic heterocycles. The third-order valence-electron chi connectivity index (χ3n) is 3.21. The van der Waals surface area contributed by atoms with E-state index in [-0.39, 0.29) is 6.61 Å². The SMILES string of the molecule is Clc1cc(Cl)c(OCc2ncccn2)c(CNC2CC2)c1. The first-order valence-corrected chi connectivity index (χ1v) is 7.58. The Balaban J connectivity index is 1.74. The molecule has 1 aromatic heterocycles. The summed E-state index contributed by atoms with van der Waals surface area (Å²) in [6, 6.07) is 5.94. The van der Waals surface area contributed by atoms with Gasteiger partial charge in [-0.05, 0) is 31.0 Å². The van der Waals surface area contributed by atoms with Gasteiger partial charge >= 0.3 is 0 Å². The summed E-state index contributed by atoms with van der Waals surface area (Å²) in [5.41, 5.74) is 0.954. The Morgan fingerprint density at radius 1 is 1.19 bits per heavy atom. The highest BCUT2D eigenvalue weighted by Crippen LogP contribution is 2.33. The van der Waals surface area contributed by atoms with Gasteiger partial charge in [-0.1, -0.05) is 23.2 Å². The Kier molecular flexibility index (Phi) is 4.58. The molecule has 21 heavy (non-hydrogen) atoms. The summed E-state index contributed by atoms with van der Waals surface area (Å²) in [6.45, 7) is 0.967. The summed E-state index contributed by atoms with van der Waals surface area (Å²) in [7, 11) is 0.